The van der Waals surface area contributed by atoms with E-state index in [0.29, 0.717) is 17.0 Å². The second-order valence-corrected chi connectivity index (χ2v) is 7.18. The van der Waals surface area contributed by atoms with Gasteiger partial charge in [-0.05, 0) is 48.5 Å². The van der Waals surface area contributed by atoms with Crippen LogP contribution in [0.5, 0.6) is 5.75 Å². The number of pyridine rings is 1. The molecule has 1 amide bonds. The molecule has 0 spiro atoms. The summed E-state index contributed by atoms with van der Waals surface area (Å²) in [5.74, 6) is 0.328. The smallest absolute Gasteiger partial charge is 0.263 e. The summed E-state index contributed by atoms with van der Waals surface area (Å²) in [6, 6.07) is 17.6. The van der Waals surface area contributed by atoms with Crippen LogP contribution in [0.3, 0.4) is 0 Å². The predicted octanol–water partition coefficient (Wildman–Crippen LogP) is 3.14. The van der Waals surface area contributed by atoms with Crippen LogP contribution in [0.1, 0.15) is 10.4 Å². The van der Waals surface area contributed by atoms with Crippen molar-refractivity contribution >= 4 is 27.4 Å². The number of nitrogens with zero attached hydrogens (tertiary/aromatic N) is 1. The van der Waals surface area contributed by atoms with Crippen molar-refractivity contribution in [3.63, 3.8) is 0 Å². The molecule has 0 aliphatic rings. The van der Waals surface area contributed by atoms with Gasteiger partial charge < -0.3 is 10.1 Å². The van der Waals surface area contributed by atoms with Crippen LogP contribution in [0, 0.1) is 0 Å². The Hall–Kier alpha value is -3.39. The first kappa shape index (κ1) is 18.4. The number of benzene rings is 2. The van der Waals surface area contributed by atoms with Crippen LogP contribution in [-0.4, -0.2) is 26.4 Å². The number of ether oxygens (including phenoxy) is 1. The predicted molar refractivity (Wildman–Crippen MR) is 102 cm³/mol. The molecular weight excluding hydrogens is 366 g/mol. The lowest BCUT2D eigenvalue weighted by Gasteiger charge is -2.10. The molecule has 0 atom stereocenters. The van der Waals surface area contributed by atoms with Gasteiger partial charge in [0.25, 0.3) is 15.9 Å². The first-order valence-corrected chi connectivity index (χ1v) is 9.46. The SMILES string of the molecule is COc1ccccc1C(=O)Nc1ccc(S(=O)(=O)Nc2ccccn2)cc1. The highest BCUT2D eigenvalue weighted by molar-refractivity contribution is 7.92. The summed E-state index contributed by atoms with van der Waals surface area (Å²) in [6.45, 7) is 0. The lowest BCUT2D eigenvalue weighted by Crippen LogP contribution is -2.15. The largest absolute Gasteiger partial charge is 0.496 e. The number of carbonyl (C=O) groups excluding carboxylic acids is 1. The highest BCUT2D eigenvalue weighted by Crippen LogP contribution is 2.21. The van der Waals surface area contributed by atoms with Crippen LogP contribution < -0.4 is 14.8 Å². The number of hydrogen-bond donors (Lipinski definition) is 2. The van der Waals surface area contributed by atoms with Crippen molar-refractivity contribution in [1.29, 1.82) is 0 Å². The van der Waals surface area contributed by atoms with Crippen LogP contribution in [-0.2, 0) is 10.0 Å². The molecule has 2 N–H and O–H groups in total. The number of sulfonamides is 1. The Labute approximate surface area is 157 Å². The second-order valence-electron chi connectivity index (χ2n) is 5.50. The molecule has 1 aromatic heterocycles. The first-order valence-electron chi connectivity index (χ1n) is 7.98. The van der Waals surface area contributed by atoms with Gasteiger partial charge in [-0.1, -0.05) is 18.2 Å². The lowest BCUT2D eigenvalue weighted by molar-refractivity contribution is 0.102. The number of anilines is 2. The monoisotopic (exact) mass is 383 g/mol. The van der Waals surface area contributed by atoms with Crippen LogP contribution >= 0.6 is 0 Å². The normalized spacial score (nSPS) is 10.9. The molecule has 0 fully saturated rings. The van der Waals surface area contributed by atoms with Crippen molar-refractivity contribution in [2.45, 2.75) is 4.90 Å². The standard InChI is InChI=1S/C19H17N3O4S/c1-26-17-7-3-2-6-16(17)19(23)21-14-9-11-15(12-10-14)27(24,25)22-18-8-4-5-13-20-18/h2-13H,1H3,(H,20,22)(H,21,23). The molecule has 8 heteroatoms. The molecule has 7 nitrogen and oxygen atoms in total. The van der Waals surface area contributed by atoms with E-state index < -0.39 is 10.0 Å². The summed E-state index contributed by atoms with van der Waals surface area (Å²) < 4.78 is 32.3. The minimum absolute atomic E-state index is 0.0587. The zero-order chi connectivity index (χ0) is 19.3. The summed E-state index contributed by atoms with van der Waals surface area (Å²) in [5.41, 5.74) is 0.844. The molecule has 0 unspecified atom stereocenters. The van der Waals surface area contributed by atoms with Crippen LogP contribution in [0.4, 0.5) is 11.5 Å². The van der Waals surface area contributed by atoms with Crippen molar-refractivity contribution in [2.75, 3.05) is 17.1 Å². The number of aromatic nitrogens is 1. The van der Waals surface area contributed by atoms with Crippen molar-refractivity contribution in [2.24, 2.45) is 0 Å². The van der Waals surface area contributed by atoms with Crippen LogP contribution in [0.15, 0.2) is 77.8 Å². The fraction of sp³-hybridized carbons (Fsp3) is 0.0526. The van der Waals surface area contributed by atoms with Gasteiger partial charge in [0.1, 0.15) is 11.6 Å². The van der Waals surface area contributed by atoms with E-state index in [4.69, 9.17) is 4.74 Å². The molecule has 3 rings (SSSR count). The van der Waals surface area contributed by atoms with Gasteiger partial charge in [0.15, 0.2) is 0 Å². The zero-order valence-corrected chi connectivity index (χ0v) is 15.2. The molecule has 0 radical (unpaired) electrons. The summed E-state index contributed by atoms with van der Waals surface area (Å²) >= 11 is 0. The molecule has 138 valence electrons. The Morgan fingerprint density at radius 1 is 0.963 bits per heavy atom. The third-order valence-electron chi connectivity index (χ3n) is 3.68. The zero-order valence-electron chi connectivity index (χ0n) is 14.4. The van der Waals surface area contributed by atoms with E-state index in [1.807, 2.05) is 0 Å². The summed E-state index contributed by atoms with van der Waals surface area (Å²) in [5, 5.41) is 2.71. The molecule has 0 saturated heterocycles. The second kappa shape index (κ2) is 7.88. The number of carbonyl (C=O) groups is 1. The third-order valence-corrected chi connectivity index (χ3v) is 5.05. The van der Waals surface area contributed by atoms with Gasteiger partial charge in [0.2, 0.25) is 0 Å². The molecule has 3 aromatic rings. The quantitative estimate of drug-likeness (QED) is 0.681. The molecule has 2 aromatic carbocycles. The topological polar surface area (TPSA) is 97.4 Å². The Morgan fingerprint density at radius 2 is 1.67 bits per heavy atom. The average Bonchev–Trinajstić information content (AvgIpc) is 2.68. The summed E-state index contributed by atoms with van der Waals surface area (Å²) in [4.78, 5) is 16.4. The van der Waals surface area contributed by atoms with E-state index in [9.17, 15) is 13.2 Å². The van der Waals surface area contributed by atoms with Crippen molar-refractivity contribution < 1.29 is 17.9 Å². The first-order chi connectivity index (χ1) is 13.0. The molecule has 0 saturated carbocycles. The van der Waals surface area contributed by atoms with E-state index in [1.54, 1.807) is 42.5 Å². The fourth-order valence-electron chi connectivity index (χ4n) is 2.37. The Morgan fingerprint density at radius 3 is 2.33 bits per heavy atom. The van der Waals surface area contributed by atoms with Crippen molar-refractivity contribution in [3.05, 3.63) is 78.5 Å². The number of amides is 1. The van der Waals surface area contributed by atoms with Crippen molar-refractivity contribution in [1.82, 2.24) is 4.98 Å². The van der Waals surface area contributed by atoms with Gasteiger partial charge in [0, 0.05) is 11.9 Å². The number of methoxy groups -OCH3 is 1. The minimum Gasteiger partial charge on any atom is -0.496 e. The van der Waals surface area contributed by atoms with Crippen LogP contribution in [0.2, 0.25) is 0 Å². The number of nitrogens with one attached hydrogen (secondary N) is 2. The molecule has 27 heavy (non-hydrogen) atoms. The van der Waals surface area contributed by atoms with Gasteiger partial charge >= 0.3 is 0 Å². The van der Waals surface area contributed by atoms with E-state index >= 15 is 0 Å². The van der Waals surface area contributed by atoms with Crippen molar-refractivity contribution in [3.8, 4) is 5.75 Å². The molecule has 0 aliphatic heterocycles. The number of rotatable bonds is 6. The minimum atomic E-state index is -3.77. The van der Waals surface area contributed by atoms with E-state index in [1.165, 1.54) is 37.6 Å². The maximum absolute atomic E-state index is 12.4. The number of hydrogen-bond acceptors (Lipinski definition) is 5. The van der Waals surface area contributed by atoms with Gasteiger partial charge in [-0.3, -0.25) is 9.52 Å². The van der Waals surface area contributed by atoms with Crippen LogP contribution in [0.25, 0.3) is 0 Å². The van der Waals surface area contributed by atoms with Gasteiger partial charge in [-0.25, -0.2) is 13.4 Å². The maximum atomic E-state index is 12.4. The average molecular weight is 383 g/mol. The Balaban J connectivity index is 1.74. The van der Waals surface area contributed by atoms with Gasteiger partial charge in [0.05, 0.1) is 17.6 Å². The lowest BCUT2D eigenvalue weighted by atomic mass is 10.2. The van der Waals surface area contributed by atoms with E-state index in [0.717, 1.165) is 0 Å². The van der Waals surface area contributed by atoms with Gasteiger partial charge in [-0.15, -0.1) is 0 Å². The third kappa shape index (κ3) is 4.42. The van der Waals surface area contributed by atoms with E-state index in [2.05, 4.69) is 15.0 Å². The molecule has 0 bridgehead atoms. The summed E-state index contributed by atoms with van der Waals surface area (Å²) in [7, 11) is -2.28. The highest BCUT2D eigenvalue weighted by Gasteiger charge is 2.16. The summed E-state index contributed by atoms with van der Waals surface area (Å²) in [6.07, 6.45) is 1.49. The highest BCUT2D eigenvalue weighted by atomic mass is 32.2. The van der Waals surface area contributed by atoms with Gasteiger partial charge in [-0.2, -0.15) is 0 Å². The molecular formula is C19H17N3O4S. The Kier molecular flexibility index (Phi) is 5.37. The molecule has 0 aliphatic carbocycles. The molecule has 1 heterocycles. The van der Waals surface area contributed by atoms with E-state index in [-0.39, 0.29) is 16.6 Å². The maximum Gasteiger partial charge on any atom is 0.263 e. The fourth-order valence-corrected chi connectivity index (χ4v) is 3.38. The Bertz CT molecular complexity index is 1040. The number of para-hydroxylation sites is 1.